The molecule has 34 heavy (non-hydrogen) atoms. The van der Waals surface area contributed by atoms with E-state index in [0.29, 0.717) is 26.2 Å². The lowest BCUT2D eigenvalue weighted by molar-refractivity contribution is -0.136. The lowest BCUT2D eigenvalue weighted by atomic mass is 10.1. The van der Waals surface area contributed by atoms with Gasteiger partial charge in [0.25, 0.3) is 5.91 Å². The van der Waals surface area contributed by atoms with Gasteiger partial charge in [0.2, 0.25) is 5.91 Å². The number of piperazine rings is 1. The molecule has 4 rings (SSSR count). The smallest absolute Gasteiger partial charge is 0.358 e. The van der Waals surface area contributed by atoms with Gasteiger partial charge in [-0.15, -0.1) is 22.7 Å². The molecule has 0 saturated carbocycles. The third-order valence-corrected chi connectivity index (χ3v) is 7.49. The number of aromatic nitrogens is 1. The van der Waals surface area contributed by atoms with E-state index in [1.54, 1.807) is 21.6 Å². The molecule has 3 heterocycles. The Kier molecular flexibility index (Phi) is 7.71. The molecular weight excluding hydrogens is 472 g/mol. The number of hydrogen-bond acceptors (Lipinski definition) is 8. The minimum atomic E-state index is -0.603. The monoisotopic (exact) mass is 498 g/mol. The van der Waals surface area contributed by atoms with Crippen molar-refractivity contribution in [2.45, 2.75) is 13.8 Å². The second-order valence-corrected chi connectivity index (χ2v) is 9.87. The summed E-state index contributed by atoms with van der Waals surface area (Å²) in [6.07, 6.45) is 0. The van der Waals surface area contributed by atoms with Gasteiger partial charge in [-0.2, -0.15) is 0 Å². The van der Waals surface area contributed by atoms with Crippen LogP contribution < -0.4 is 5.32 Å². The number of aryl methyl sites for hydroxylation is 2. The minimum Gasteiger partial charge on any atom is -0.451 e. The van der Waals surface area contributed by atoms with Crippen LogP contribution in [0.3, 0.4) is 0 Å². The SMILES string of the molecule is Cc1cccc(C)c1NC(=O)CN1CCN(C(=O)COC(=O)c2csc(-c3cccs3)n2)CC1. The first kappa shape index (κ1) is 24.1. The number of rotatable bonds is 7. The molecule has 1 aromatic carbocycles. The maximum absolute atomic E-state index is 12.5. The van der Waals surface area contributed by atoms with Crippen LogP contribution in [0.2, 0.25) is 0 Å². The van der Waals surface area contributed by atoms with Gasteiger partial charge in [0.15, 0.2) is 12.3 Å². The van der Waals surface area contributed by atoms with Crippen molar-refractivity contribution in [3.05, 3.63) is 57.9 Å². The van der Waals surface area contributed by atoms with Crippen molar-refractivity contribution in [2.24, 2.45) is 0 Å². The molecule has 10 heteroatoms. The van der Waals surface area contributed by atoms with Gasteiger partial charge in [-0.05, 0) is 36.4 Å². The summed E-state index contributed by atoms with van der Waals surface area (Å²) in [4.78, 5) is 46.3. The van der Waals surface area contributed by atoms with Gasteiger partial charge in [-0.3, -0.25) is 14.5 Å². The third-order valence-electron chi connectivity index (χ3n) is 5.61. The van der Waals surface area contributed by atoms with Crippen molar-refractivity contribution in [3.8, 4) is 9.88 Å². The van der Waals surface area contributed by atoms with Crippen LogP contribution in [0.5, 0.6) is 0 Å². The Bertz CT molecular complexity index is 1150. The quantitative estimate of drug-likeness (QED) is 0.502. The van der Waals surface area contributed by atoms with Crippen LogP contribution in [-0.2, 0) is 14.3 Å². The topological polar surface area (TPSA) is 91.8 Å². The van der Waals surface area contributed by atoms with E-state index in [4.69, 9.17) is 4.74 Å². The average Bonchev–Trinajstić information content (AvgIpc) is 3.52. The zero-order valence-corrected chi connectivity index (χ0v) is 20.7. The minimum absolute atomic E-state index is 0.0729. The number of para-hydroxylation sites is 1. The normalized spacial score (nSPS) is 14.1. The predicted molar refractivity (Wildman–Crippen MR) is 133 cm³/mol. The highest BCUT2D eigenvalue weighted by molar-refractivity contribution is 7.20. The summed E-state index contributed by atoms with van der Waals surface area (Å²) >= 11 is 2.92. The van der Waals surface area contributed by atoms with E-state index in [-0.39, 0.29) is 30.7 Å². The van der Waals surface area contributed by atoms with Gasteiger partial charge in [0.05, 0.1) is 11.4 Å². The van der Waals surface area contributed by atoms with E-state index in [1.165, 1.54) is 11.3 Å². The molecule has 0 aliphatic carbocycles. The number of thiophene rings is 1. The molecule has 2 amide bonds. The Balaban J connectivity index is 1.20. The van der Waals surface area contributed by atoms with E-state index < -0.39 is 5.97 Å². The number of benzene rings is 1. The van der Waals surface area contributed by atoms with Gasteiger partial charge in [-0.25, -0.2) is 9.78 Å². The molecule has 1 saturated heterocycles. The Morgan fingerprint density at radius 3 is 2.44 bits per heavy atom. The molecule has 1 aliphatic rings. The van der Waals surface area contributed by atoms with Crippen molar-refractivity contribution >= 4 is 46.1 Å². The summed E-state index contributed by atoms with van der Waals surface area (Å²) in [6.45, 7) is 6.00. The molecule has 0 unspecified atom stereocenters. The van der Waals surface area contributed by atoms with E-state index in [9.17, 15) is 14.4 Å². The second kappa shape index (κ2) is 10.9. The standard InChI is InChI=1S/C24H26N4O4S2/c1-16-5-3-6-17(2)22(16)26-20(29)13-27-8-10-28(11-9-27)21(30)14-32-24(31)18-15-34-23(25-18)19-7-4-12-33-19/h3-7,12,15H,8-11,13-14H2,1-2H3,(H,26,29). The number of amides is 2. The van der Waals surface area contributed by atoms with Crippen molar-refractivity contribution in [1.29, 1.82) is 0 Å². The number of nitrogens with zero attached hydrogens (tertiary/aromatic N) is 3. The lowest BCUT2D eigenvalue weighted by Gasteiger charge is -2.34. The average molecular weight is 499 g/mol. The summed E-state index contributed by atoms with van der Waals surface area (Å²) in [5.74, 6) is -0.924. The fourth-order valence-corrected chi connectivity index (χ4v) is 5.33. The number of hydrogen-bond donors (Lipinski definition) is 1. The number of anilines is 1. The molecule has 0 atom stereocenters. The highest BCUT2D eigenvalue weighted by Gasteiger charge is 2.24. The second-order valence-electron chi connectivity index (χ2n) is 8.06. The highest BCUT2D eigenvalue weighted by Crippen LogP contribution is 2.28. The zero-order chi connectivity index (χ0) is 24.1. The van der Waals surface area contributed by atoms with Crippen molar-refractivity contribution in [2.75, 3.05) is 44.6 Å². The largest absolute Gasteiger partial charge is 0.451 e. The third kappa shape index (κ3) is 5.88. The Hall–Kier alpha value is -3.08. The van der Waals surface area contributed by atoms with E-state index >= 15 is 0 Å². The number of carbonyl (C=O) groups excluding carboxylic acids is 3. The summed E-state index contributed by atoms with van der Waals surface area (Å²) in [5, 5.41) is 7.34. The van der Waals surface area contributed by atoms with E-state index in [1.807, 2.05) is 54.5 Å². The van der Waals surface area contributed by atoms with Crippen LogP contribution >= 0.6 is 22.7 Å². The Labute approximate surface area is 206 Å². The summed E-state index contributed by atoms with van der Waals surface area (Å²) < 4.78 is 5.19. The fourth-order valence-electron chi connectivity index (χ4n) is 3.72. The maximum atomic E-state index is 12.5. The van der Waals surface area contributed by atoms with Crippen LogP contribution in [0.25, 0.3) is 9.88 Å². The summed E-state index contributed by atoms with van der Waals surface area (Å²) in [7, 11) is 0. The molecule has 0 radical (unpaired) electrons. The van der Waals surface area contributed by atoms with Gasteiger partial charge in [0.1, 0.15) is 5.01 Å². The molecule has 0 bridgehead atoms. The Morgan fingerprint density at radius 2 is 1.76 bits per heavy atom. The molecule has 3 aromatic rings. The van der Waals surface area contributed by atoms with Gasteiger partial charge >= 0.3 is 5.97 Å². The van der Waals surface area contributed by atoms with Crippen LogP contribution in [-0.4, -0.2) is 71.9 Å². The Morgan fingerprint density at radius 1 is 1.03 bits per heavy atom. The first-order valence-electron chi connectivity index (χ1n) is 10.9. The number of ether oxygens (including phenoxy) is 1. The number of carbonyl (C=O) groups is 3. The van der Waals surface area contributed by atoms with Crippen LogP contribution in [0.4, 0.5) is 5.69 Å². The van der Waals surface area contributed by atoms with Crippen molar-refractivity contribution < 1.29 is 19.1 Å². The number of nitrogens with one attached hydrogen (secondary N) is 1. The molecule has 178 valence electrons. The molecular formula is C24H26N4O4S2. The van der Waals surface area contributed by atoms with E-state index in [2.05, 4.69) is 10.3 Å². The van der Waals surface area contributed by atoms with Gasteiger partial charge in [-0.1, -0.05) is 24.3 Å². The van der Waals surface area contributed by atoms with Crippen molar-refractivity contribution in [3.63, 3.8) is 0 Å². The lowest BCUT2D eigenvalue weighted by Crippen LogP contribution is -2.51. The van der Waals surface area contributed by atoms with Crippen molar-refractivity contribution in [1.82, 2.24) is 14.8 Å². The maximum Gasteiger partial charge on any atom is 0.358 e. The summed E-state index contributed by atoms with van der Waals surface area (Å²) in [5.41, 5.74) is 3.11. The number of thiazole rings is 1. The van der Waals surface area contributed by atoms with E-state index in [0.717, 1.165) is 26.7 Å². The van der Waals surface area contributed by atoms with Crippen LogP contribution in [0, 0.1) is 13.8 Å². The molecule has 1 aliphatic heterocycles. The molecule has 2 aromatic heterocycles. The molecule has 8 nitrogen and oxygen atoms in total. The number of esters is 1. The zero-order valence-electron chi connectivity index (χ0n) is 19.1. The fraction of sp³-hybridized carbons (Fsp3) is 0.333. The van der Waals surface area contributed by atoms with Gasteiger partial charge in [0, 0.05) is 37.2 Å². The first-order chi connectivity index (χ1) is 16.4. The predicted octanol–water partition coefficient (Wildman–Crippen LogP) is 3.43. The summed E-state index contributed by atoms with van der Waals surface area (Å²) in [6, 6.07) is 9.77. The molecule has 1 N–H and O–H groups in total. The molecule has 0 spiro atoms. The first-order valence-corrected chi connectivity index (χ1v) is 12.7. The highest BCUT2D eigenvalue weighted by atomic mass is 32.1. The van der Waals surface area contributed by atoms with Crippen LogP contribution in [0.15, 0.2) is 41.1 Å². The van der Waals surface area contributed by atoms with Crippen LogP contribution in [0.1, 0.15) is 21.6 Å². The van der Waals surface area contributed by atoms with Gasteiger partial charge < -0.3 is 15.0 Å². The molecule has 1 fully saturated rings.